The first kappa shape index (κ1) is 12.7. The number of hydrogen-bond donors (Lipinski definition) is 1. The fourth-order valence-corrected chi connectivity index (χ4v) is 2.27. The van der Waals surface area contributed by atoms with Crippen LogP contribution in [0.2, 0.25) is 0 Å². The molecular formula is C11H12N2O4S. The van der Waals surface area contributed by atoms with Crippen LogP contribution >= 0.6 is 11.8 Å². The Balaban J connectivity index is 1.80. The number of amides is 3. The van der Waals surface area contributed by atoms with Crippen molar-refractivity contribution in [2.45, 2.75) is 6.92 Å². The van der Waals surface area contributed by atoms with E-state index in [1.54, 1.807) is 19.1 Å². The Morgan fingerprint density at radius 3 is 2.83 bits per heavy atom. The average Bonchev–Trinajstić information content (AvgIpc) is 2.89. The Kier molecular flexibility index (Phi) is 3.71. The highest BCUT2D eigenvalue weighted by Crippen LogP contribution is 2.17. The number of nitrogens with one attached hydrogen (secondary N) is 1. The molecule has 1 aliphatic rings. The fraction of sp³-hybridized carbons (Fsp3) is 0.364. The summed E-state index contributed by atoms with van der Waals surface area (Å²) >= 11 is 0.978. The molecule has 6 nitrogen and oxygen atoms in total. The van der Waals surface area contributed by atoms with Crippen LogP contribution in [0.1, 0.15) is 16.3 Å². The van der Waals surface area contributed by atoms with Crippen molar-refractivity contribution in [3.8, 4) is 0 Å². The predicted octanol–water partition coefficient (Wildman–Crippen LogP) is 1.01. The smallest absolute Gasteiger partial charge is 0.288 e. The van der Waals surface area contributed by atoms with E-state index in [1.165, 1.54) is 0 Å². The standard InChI is InChI=1S/C11H12N2O4S/c1-7-2-3-8(17-7)10(15)12-4-5-13-9(14)6-18-11(13)16/h2-3H,4-6H2,1H3,(H,12,15). The second-order valence-corrected chi connectivity index (χ2v) is 4.69. The number of nitrogens with zero attached hydrogens (tertiary/aromatic N) is 1. The number of rotatable bonds is 4. The van der Waals surface area contributed by atoms with Crippen LogP contribution in [0, 0.1) is 6.92 Å². The van der Waals surface area contributed by atoms with Gasteiger partial charge in [0.05, 0.1) is 5.75 Å². The third-order valence-corrected chi connectivity index (χ3v) is 3.28. The van der Waals surface area contributed by atoms with Crippen LogP contribution in [0.5, 0.6) is 0 Å². The van der Waals surface area contributed by atoms with Gasteiger partial charge in [0.1, 0.15) is 5.76 Å². The summed E-state index contributed by atoms with van der Waals surface area (Å²) in [5, 5.41) is 2.33. The zero-order chi connectivity index (χ0) is 13.1. The molecule has 0 radical (unpaired) electrons. The van der Waals surface area contributed by atoms with E-state index in [1.807, 2.05) is 0 Å². The van der Waals surface area contributed by atoms with Crippen LogP contribution in [0.25, 0.3) is 0 Å². The van der Waals surface area contributed by atoms with Gasteiger partial charge in [0.2, 0.25) is 5.91 Å². The van der Waals surface area contributed by atoms with Gasteiger partial charge in [-0.15, -0.1) is 0 Å². The number of carbonyl (C=O) groups is 3. The highest BCUT2D eigenvalue weighted by Gasteiger charge is 2.29. The van der Waals surface area contributed by atoms with Crippen molar-refractivity contribution < 1.29 is 18.8 Å². The van der Waals surface area contributed by atoms with Gasteiger partial charge in [-0.2, -0.15) is 0 Å². The highest BCUT2D eigenvalue weighted by atomic mass is 32.2. The van der Waals surface area contributed by atoms with Crippen LogP contribution in [-0.4, -0.2) is 40.8 Å². The Morgan fingerprint density at radius 1 is 1.50 bits per heavy atom. The maximum atomic E-state index is 11.6. The predicted molar refractivity (Wildman–Crippen MR) is 65.3 cm³/mol. The Labute approximate surface area is 108 Å². The zero-order valence-corrected chi connectivity index (χ0v) is 10.6. The van der Waals surface area contributed by atoms with Gasteiger partial charge in [-0.1, -0.05) is 11.8 Å². The average molecular weight is 268 g/mol. The van der Waals surface area contributed by atoms with Crippen molar-refractivity contribution >= 4 is 28.8 Å². The highest BCUT2D eigenvalue weighted by molar-refractivity contribution is 8.14. The molecule has 96 valence electrons. The molecule has 1 aliphatic heterocycles. The molecule has 2 rings (SSSR count). The SMILES string of the molecule is Cc1ccc(C(=O)NCCN2C(=O)CSC2=O)o1. The summed E-state index contributed by atoms with van der Waals surface area (Å²) in [5.41, 5.74) is 0. The molecule has 18 heavy (non-hydrogen) atoms. The Bertz CT molecular complexity index is 481. The molecule has 0 saturated carbocycles. The van der Waals surface area contributed by atoms with Crippen molar-refractivity contribution in [3.63, 3.8) is 0 Å². The molecule has 0 aromatic carbocycles. The molecule has 0 unspecified atom stereocenters. The lowest BCUT2D eigenvalue weighted by atomic mass is 10.4. The van der Waals surface area contributed by atoms with Crippen LogP contribution in [0.4, 0.5) is 4.79 Å². The first-order valence-corrected chi connectivity index (χ1v) is 6.38. The van der Waals surface area contributed by atoms with Gasteiger partial charge < -0.3 is 9.73 Å². The first-order chi connectivity index (χ1) is 8.58. The van der Waals surface area contributed by atoms with Gasteiger partial charge >= 0.3 is 0 Å². The number of imide groups is 1. The third-order valence-electron chi connectivity index (χ3n) is 2.43. The summed E-state index contributed by atoms with van der Waals surface area (Å²) in [5.74, 6) is 0.495. The summed E-state index contributed by atoms with van der Waals surface area (Å²) in [6.07, 6.45) is 0. The van der Waals surface area contributed by atoms with Crippen molar-refractivity contribution in [1.29, 1.82) is 0 Å². The molecule has 2 heterocycles. The normalized spacial score (nSPS) is 15.3. The van der Waals surface area contributed by atoms with Crippen molar-refractivity contribution in [3.05, 3.63) is 23.7 Å². The number of carbonyl (C=O) groups excluding carboxylic acids is 3. The number of furan rings is 1. The molecule has 3 amide bonds. The first-order valence-electron chi connectivity index (χ1n) is 5.39. The number of hydrogen-bond acceptors (Lipinski definition) is 5. The lowest BCUT2D eigenvalue weighted by Gasteiger charge is -2.12. The molecule has 0 spiro atoms. The minimum atomic E-state index is -0.352. The molecule has 1 aromatic rings. The summed E-state index contributed by atoms with van der Waals surface area (Å²) in [4.78, 5) is 35.3. The zero-order valence-electron chi connectivity index (χ0n) is 9.76. The summed E-state index contributed by atoms with van der Waals surface area (Å²) in [6.45, 7) is 2.16. The van der Waals surface area contributed by atoms with Gasteiger partial charge in [0, 0.05) is 13.1 Å². The maximum absolute atomic E-state index is 11.6. The van der Waals surface area contributed by atoms with E-state index in [9.17, 15) is 14.4 Å². The molecule has 7 heteroatoms. The lowest BCUT2D eigenvalue weighted by molar-refractivity contribution is -0.124. The number of aryl methyl sites for hydroxylation is 1. The minimum absolute atomic E-state index is 0.185. The van der Waals surface area contributed by atoms with Crippen LogP contribution in [-0.2, 0) is 4.79 Å². The second-order valence-electron chi connectivity index (χ2n) is 3.77. The Hall–Kier alpha value is -1.76. The third kappa shape index (κ3) is 2.73. The van der Waals surface area contributed by atoms with E-state index in [4.69, 9.17) is 4.42 Å². The van der Waals surface area contributed by atoms with Crippen LogP contribution < -0.4 is 5.32 Å². The molecule has 1 saturated heterocycles. The largest absolute Gasteiger partial charge is 0.456 e. The van der Waals surface area contributed by atoms with E-state index in [0.29, 0.717) is 5.76 Å². The molecule has 0 aliphatic carbocycles. The molecule has 1 aromatic heterocycles. The minimum Gasteiger partial charge on any atom is -0.456 e. The summed E-state index contributed by atoms with van der Waals surface area (Å²) < 4.78 is 5.15. The summed E-state index contributed by atoms with van der Waals surface area (Å²) in [7, 11) is 0. The molecule has 1 N–H and O–H groups in total. The van der Waals surface area contributed by atoms with E-state index in [-0.39, 0.29) is 41.7 Å². The lowest BCUT2D eigenvalue weighted by Crippen LogP contribution is -2.37. The van der Waals surface area contributed by atoms with Crippen molar-refractivity contribution in [2.75, 3.05) is 18.8 Å². The van der Waals surface area contributed by atoms with Gasteiger partial charge in [0.15, 0.2) is 5.76 Å². The maximum Gasteiger partial charge on any atom is 0.288 e. The topological polar surface area (TPSA) is 79.6 Å². The van der Waals surface area contributed by atoms with Gasteiger partial charge in [0.25, 0.3) is 11.1 Å². The molecule has 0 bridgehead atoms. The fourth-order valence-electron chi connectivity index (χ4n) is 1.52. The summed E-state index contributed by atoms with van der Waals surface area (Å²) in [6, 6.07) is 3.27. The van der Waals surface area contributed by atoms with Crippen LogP contribution in [0.3, 0.4) is 0 Å². The second kappa shape index (κ2) is 5.26. The quantitative estimate of drug-likeness (QED) is 0.881. The van der Waals surface area contributed by atoms with Crippen LogP contribution in [0.15, 0.2) is 16.5 Å². The number of thioether (sulfide) groups is 1. The van der Waals surface area contributed by atoms with E-state index in [0.717, 1.165) is 16.7 Å². The molecule has 0 atom stereocenters. The molecule has 1 fully saturated rings. The van der Waals surface area contributed by atoms with E-state index in [2.05, 4.69) is 5.32 Å². The van der Waals surface area contributed by atoms with E-state index < -0.39 is 0 Å². The van der Waals surface area contributed by atoms with Gasteiger partial charge in [-0.3, -0.25) is 19.3 Å². The van der Waals surface area contributed by atoms with E-state index >= 15 is 0 Å². The monoisotopic (exact) mass is 268 g/mol. The molecular weight excluding hydrogens is 256 g/mol. The Morgan fingerprint density at radius 2 is 2.28 bits per heavy atom. The van der Waals surface area contributed by atoms with Crippen molar-refractivity contribution in [1.82, 2.24) is 10.2 Å². The van der Waals surface area contributed by atoms with Gasteiger partial charge in [-0.25, -0.2) is 0 Å². The van der Waals surface area contributed by atoms with Gasteiger partial charge in [-0.05, 0) is 19.1 Å². The van der Waals surface area contributed by atoms with Crippen molar-refractivity contribution in [2.24, 2.45) is 0 Å².